The van der Waals surface area contributed by atoms with Crippen LogP contribution in [0.1, 0.15) is 32.7 Å². The SMILES string of the molecule is CCN(CC(C)C(N)=S)c1nccn(C2CC2)c1=O. The van der Waals surface area contributed by atoms with Crippen LogP contribution >= 0.6 is 12.2 Å². The second-order valence-electron chi connectivity index (χ2n) is 5.04. The van der Waals surface area contributed by atoms with Gasteiger partial charge in [-0.1, -0.05) is 19.1 Å². The third-order valence-corrected chi connectivity index (χ3v) is 3.85. The number of rotatable bonds is 6. The second-order valence-corrected chi connectivity index (χ2v) is 5.51. The Kier molecular flexibility index (Phi) is 4.19. The summed E-state index contributed by atoms with van der Waals surface area (Å²) >= 11 is 4.99. The van der Waals surface area contributed by atoms with Crippen molar-refractivity contribution in [3.63, 3.8) is 0 Å². The van der Waals surface area contributed by atoms with Gasteiger partial charge < -0.3 is 15.2 Å². The van der Waals surface area contributed by atoms with Gasteiger partial charge in [0.25, 0.3) is 5.56 Å². The Morgan fingerprint density at radius 1 is 1.68 bits per heavy atom. The van der Waals surface area contributed by atoms with Crippen molar-refractivity contribution in [1.82, 2.24) is 9.55 Å². The Labute approximate surface area is 118 Å². The number of nitrogens with two attached hydrogens (primary N) is 1. The molecule has 1 unspecified atom stereocenters. The first-order chi connectivity index (χ1) is 9.04. The predicted molar refractivity (Wildman–Crippen MR) is 80.6 cm³/mol. The summed E-state index contributed by atoms with van der Waals surface area (Å²) in [4.78, 5) is 19.1. The molecular weight excluding hydrogens is 260 g/mol. The molecule has 0 radical (unpaired) electrons. The molecule has 0 amide bonds. The average Bonchev–Trinajstić information content (AvgIpc) is 3.20. The van der Waals surface area contributed by atoms with E-state index in [9.17, 15) is 4.79 Å². The summed E-state index contributed by atoms with van der Waals surface area (Å²) in [5.74, 6) is 0.561. The summed E-state index contributed by atoms with van der Waals surface area (Å²) < 4.78 is 1.79. The number of nitrogens with zero attached hydrogens (tertiary/aromatic N) is 3. The molecule has 1 heterocycles. The van der Waals surface area contributed by atoms with E-state index in [-0.39, 0.29) is 11.5 Å². The highest BCUT2D eigenvalue weighted by Gasteiger charge is 2.26. The van der Waals surface area contributed by atoms with Crippen LogP contribution in [-0.4, -0.2) is 27.6 Å². The number of hydrogen-bond donors (Lipinski definition) is 1. The highest BCUT2D eigenvalue weighted by atomic mass is 32.1. The lowest BCUT2D eigenvalue weighted by Crippen LogP contribution is -2.38. The molecule has 0 aromatic carbocycles. The minimum absolute atomic E-state index is 0.0120. The zero-order valence-corrected chi connectivity index (χ0v) is 12.2. The predicted octanol–water partition coefficient (Wildman–Crippen LogP) is 1.33. The molecule has 1 aliphatic carbocycles. The van der Waals surface area contributed by atoms with Crippen molar-refractivity contribution >= 4 is 23.0 Å². The van der Waals surface area contributed by atoms with Crippen molar-refractivity contribution < 1.29 is 0 Å². The Bertz CT molecular complexity index is 524. The molecule has 0 spiro atoms. The highest BCUT2D eigenvalue weighted by molar-refractivity contribution is 7.80. The van der Waals surface area contributed by atoms with Crippen molar-refractivity contribution in [2.24, 2.45) is 11.7 Å². The van der Waals surface area contributed by atoms with E-state index < -0.39 is 0 Å². The van der Waals surface area contributed by atoms with Gasteiger partial charge in [0, 0.05) is 37.4 Å². The largest absolute Gasteiger partial charge is 0.393 e. The summed E-state index contributed by atoms with van der Waals surface area (Å²) in [5.41, 5.74) is 5.63. The minimum atomic E-state index is -0.0120. The molecule has 5 nitrogen and oxygen atoms in total. The van der Waals surface area contributed by atoms with Gasteiger partial charge >= 0.3 is 0 Å². The molecule has 1 fully saturated rings. The zero-order valence-electron chi connectivity index (χ0n) is 11.4. The van der Waals surface area contributed by atoms with E-state index in [1.165, 1.54) is 0 Å². The molecule has 2 N–H and O–H groups in total. The molecule has 19 heavy (non-hydrogen) atoms. The monoisotopic (exact) mass is 280 g/mol. The Morgan fingerprint density at radius 2 is 2.37 bits per heavy atom. The Morgan fingerprint density at radius 3 is 2.89 bits per heavy atom. The van der Waals surface area contributed by atoms with Crippen LogP contribution in [0.5, 0.6) is 0 Å². The van der Waals surface area contributed by atoms with Gasteiger partial charge in [0.05, 0.1) is 4.99 Å². The molecular formula is C13H20N4OS. The third-order valence-electron chi connectivity index (χ3n) is 3.45. The number of anilines is 1. The van der Waals surface area contributed by atoms with Crippen LogP contribution in [-0.2, 0) is 0 Å². The lowest BCUT2D eigenvalue weighted by atomic mass is 10.1. The number of aromatic nitrogens is 2. The minimum Gasteiger partial charge on any atom is -0.393 e. The van der Waals surface area contributed by atoms with Crippen LogP contribution < -0.4 is 16.2 Å². The Hall–Kier alpha value is -1.43. The maximum Gasteiger partial charge on any atom is 0.293 e. The fourth-order valence-corrected chi connectivity index (χ4v) is 2.13. The van der Waals surface area contributed by atoms with Gasteiger partial charge in [0.15, 0.2) is 5.82 Å². The first kappa shape index (κ1) is 14.0. The third kappa shape index (κ3) is 3.12. The summed E-state index contributed by atoms with van der Waals surface area (Å²) in [5, 5.41) is 0. The zero-order chi connectivity index (χ0) is 14.0. The molecule has 0 saturated heterocycles. The van der Waals surface area contributed by atoms with Crippen LogP contribution in [0.25, 0.3) is 0 Å². The summed E-state index contributed by atoms with van der Waals surface area (Å²) in [7, 11) is 0. The van der Waals surface area contributed by atoms with Gasteiger partial charge in [0.2, 0.25) is 0 Å². The molecule has 1 atom stereocenters. The smallest absolute Gasteiger partial charge is 0.293 e. The van der Waals surface area contributed by atoms with Gasteiger partial charge in [0.1, 0.15) is 0 Å². The van der Waals surface area contributed by atoms with Crippen molar-refractivity contribution in [2.45, 2.75) is 32.7 Å². The van der Waals surface area contributed by atoms with Gasteiger partial charge in [-0.2, -0.15) is 0 Å². The lowest BCUT2D eigenvalue weighted by molar-refractivity contribution is 0.661. The van der Waals surface area contributed by atoms with Crippen molar-refractivity contribution in [1.29, 1.82) is 0 Å². The lowest BCUT2D eigenvalue weighted by Gasteiger charge is -2.24. The van der Waals surface area contributed by atoms with Crippen LogP contribution in [0.15, 0.2) is 17.2 Å². The quantitative estimate of drug-likeness (QED) is 0.796. The van der Waals surface area contributed by atoms with Crippen LogP contribution in [0.3, 0.4) is 0 Å². The standard InChI is InChI=1S/C13H20N4OS/c1-3-16(8-9(2)11(14)19)12-13(18)17(7-6-15-12)10-4-5-10/h6-7,9-10H,3-5,8H2,1-2H3,(H2,14,19). The molecule has 1 aliphatic rings. The van der Waals surface area contributed by atoms with E-state index in [4.69, 9.17) is 18.0 Å². The van der Waals surface area contributed by atoms with Crippen LogP contribution in [0.2, 0.25) is 0 Å². The van der Waals surface area contributed by atoms with Crippen molar-refractivity contribution in [3.8, 4) is 0 Å². The molecule has 0 bridgehead atoms. The van der Waals surface area contributed by atoms with Gasteiger partial charge in [-0.25, -0.2) is 4.98 Å². The second kappa shape index (κ2) is 5.69. The molecule has 104 valence electrons. The van der Waals surface area contributed by atoms with E-state index in [1.807, 2.05) is 18.7 Å². The van der Waals surface area contributed by atoms with E-state index in [1.54, 1.807) is 17.0 Å². The average molecular weight is 280 g/mol. The molecule has 1 aromatic heterocycles. The summed E-state index contributed by atoms with van der Waals surface area (Å²) in [6, 6.07) is 0.362. The maximum atomic E-state index is 12.4. The maximum absolute atomic E-state index is 12.4. The summed E-state index contributed by atoms with van der Waals surface area (Å²) in [6.45, 7) is 5.31. The topological polar surface area (TPSA) is 64.2 Å². The molecule has 0 aliphatic heterocycles. The van der Waals surface area contributed by atoms with E-state index >= 15 is 0 Å². The summed E-state index contributed by atoms with van der Waals surface area (Å²) in [6.07, 6.45) is 5.63. The van der Waals surface area contributed by atoms with E-state index in [0.29, 0.717) is 29.9 Å². The number of thiocarbonyl (C=S) groups is 1. The first-order valence-electron chi connectivity index (χ1n) is 6.66. The van der Waals surface area contributed by atoms with Crippen LogP contribution in [0.4, 0.5) is 5.82 Å². The van der Waals surface area contributed by atoms with E-state index in [0.717, 1.165) is 12.8 Å². The fourth-order valence-electron chi connectivity index (χ4n) is 2.06. The normalized spacial score (nSPS) is 16.1. The van der Waals surface area contributed by atoms with E-state index in [2.05, 4.69) is 4.98 Å². The Balaban J connectivity index is 2.25. The molecule has 2 rings (SSSR count). The van der Waals surface area contributed by atoms with Gasteiger partial charge in [-0.3, -0.25) is 4.79 Å². The van der Waals surface area contributed by atoms with Crippen molar-refractivity contribution in [2.75, 3.05) is 18.0 Å². The number of hydrogen-bond acceptors (Lipinski definition) is 4. The fraction of sp³-hybridized carbons (Fsp3) is 0.615. The van der Waals surface area contributed by atoms with Gasteiger partial charge in [-0.05, 0) is 19.8 Å². The highest BCUT2D eigenvalue weighted by Crippen LogP contribution is 2.33. The molecule has 1 aromatic rings. The van der Waals surface area contributed by atoms with Crippen molar-refractivity contribution in [3.05, 3.63) is 22.7 Å². The molecule has 6 heteroatoms. The van der Waals surface area contributed by atoms with Gasteiger partial charge in [-0.15, -0.1) is 0 Å². The molecule has 1 saturated carbocycles. The first-order valence-corrected chi connectivity index (χ1v) is 7.06. The van der Waals surface area contributed by atoms with Crippen LogP contribution in [0, 0.1) is 5.92 Å².